The van der Waals surface area contributed by atoms with Gasteiger partial charge in [0.1, 0.15) is 11.4 Å². The molecule has 0 spiro atoms. The molecule has 0 saturated carbocycles. The van der Waals surface area contributed by atoms with E-state index >= 15 is 0 Å². The summed E-state index contributed by atoms with van der Waals surface area (Å²) in [6.07, 6.45) is 0. The van der Waals surface area contributed by atoms with Crippen LogP contribution in [0.15, 0.2) is 35.5 Å². The van der Waals surface area contributed by atoms with Crippen molar-refractivity contribution >= 4 is 23.3 Å². The first kappa shape index (κ1) is 14.3. The van der Waals surface area contributed by atoms with E-state index < -0.39 is 5.97 Å². The monoisotopic (exact) mass is 292 g/mol. The Kier molecular flexibility index (Phi) is 4.24. The molecule has 3 N–H and O–H groups in total. The first-order valence-electron chi connectivity index (χ1n) is 6.28. The van der Waals surface area contributed by atoms with Crippen molar-refractivity contribution in [1.82, 2.24) is 10.6 Å². The maximum Gasteiger partial charge on any atom is 0.354 e. The van der Waals surface area contributed by atoms with Gasteiger partial charge in [0.15, 0.2) is 5.11 Å². The number of carbonyl (C=O) groups excluding carboxylic acids is 1. The molecule has 1 aromatic carbocycles. The Morgan fingerprint density at radius 3 is 2.80 bits per heavy atom. The summed E-state index contributed by atoms with van der Waals surface area (Å²) in [4.78, 5) is 11.9. The molecular formula is C14H16N2O3S. The highest BCUT2D eigenvalue weighted by Crippen LogP contribution is 2.31. The van der Waals surface area contributed by atoms with E-state index in [0.717, 1.165) is 5.57 Å². The third-order valence-electron chi connectivity index (χ3n) is 3.07. The Hall–Kier alpha value is -2.08. The average molecular weight is 292 g/mol. The molecule has 1 aliphatic rings. The number of aromatic hydroxyl groups is 1. The maximum atomic E-state index is 11.9. The van der Waals surface area contributed by atoms with Gasteiger partial charge in [-0.05, 0) is 37.7 Å². The van der Waals surface area contributed by atoms with Gasteiger partial charge in [-0.15, -0.1) is 0 Å². The number of thiocarbonyl (C=S) groups is 1. The van der Waals surface area contributed by atoms with Crippen molar-refractivity contribution in [2.75, 3.05) is 6.61 Å². The van der Waals surface area contributed by atoms with Crippen LogP contribution < -0.4 is 10.6 Å². The van der Waals surface area contributed by atoms with E-state index in [1.807, 2.05) is 6.07 Å². The summed E-state index contributed by atoms with van der Waals surface area (Å²) in [5.74, 6) is -0.300. The summed E-state index contributed by atoms with van der Waals surface area (Å²) in [5.41, 5.74) is 1.71. The van der Waals surface area contributed by atoms with Gasteiger partial charge in [-0.2, -0.15) is 0 Å². The van der Waals surface area contributed by atoms with Gasteiger partial charge >= 0.3 is 5.97 Å². The predicted octanol–water partition coefficient (Wildman–Crippen LogP) is 1.75. The summed E-state index contributed by atoms with van der Waals surface area (Å²) in [5, 5.41) is 16.1. The van der Waals surface area contributed by atoms with Crippen LogP contribution in [0.25, 0.3) is 0 Å². The minimum atomic E-state index is -0.450. The van der Waals surface area contributed by atoms with Crippen molar-refractivity contribution in [2.24, 2.45) is 0 Å². The van der Waals surface area contributed by atoms with Crippen LogP contribution in [-0.4, -0.2) is 22.8 Å². The maximum absolute atomic E-state index is 11.9. The second kappa shape index (κ2) is 5.92. The summed E-state index contributed by atoms with van der Waals surface area (Å²) in [7, 11) is 0. The van der Waals surface area contributed by atoms with Crippen molar-refractivity contribution in [3.05, 3.63) is 41.1 Å². The van der Waals surface area contributed by atoms with E-state index in [2.05, 4.69) is 10.6 Å². The molecule has 1 heterocycles. The number of benzene rings is 1. The summed E-state index contributed by atoms with van der Waals surface area (Å²) >= 11 is 5.11. The van der Waals surface area contributed by atoms with Gasteiger partial charge in [-0.25, -0.2) is 4.79 Å². The first-order chi connectivity index (χ1) is 9.54. The van der Waals surface area contributed by atoms with Crippen LogP contribution in [0.4, 0.5) is 0 Å². The Bertz CT molecular complexity index is 584. The van der Waals surface area contributed by atoms with E-state index in [4.69, 9.17) is 17.0 Å². The normalized spacial score (nSPS) is 18.3. The molecule has 5 nitrogen and oxygen atoms in total. The highest BCUT2D eigenvalue weighted by atomic mass is 32.1. The molecule has 0 fully saturated rings. The second-order valence-electron chi connectivity index (χ2n) is 4.37. The number of hydrogen-bond acceptors (Lipinski definition) is 4. The van der Waals surface area contributed by atoms with Gasteiger partial charge < -0.3 is 20.5 Å². The van der Waals surface area contributed by atoms with Crippen LogP contribution in [0.1, 0.15) is 25.5 Å². The fourth-order valence-electron chi connectivity index (χ4n) is 2.09. The predicted molar refractivity (Wildman–Crippen MR) is 79.1 cm³/mol. The zero-order valence-corrected chi connectivity index (χ0v) is 12.1. The second-order valence-corrected chi connectivity index (χ2v) is 4.78. The molecule has 0 saturated heterocycles. The lowest BCUT2D eigenvalue weighted by Crippen LogP contribution is -2.45. The summed E-state index contributed by atoms with van der Waals surface area (Å²) < 4.78 is 5.01. The van der Waals surface area contributed by atoms with E-state index in [-0.39, 0.29) is 11.8 Å². The van der Waals surface area contributed by atoms with Crippen molar-refractivity contribution < 1.29 is 14.6 Å². The fourth-order valence-corrected chi connectivity index (χ4v) is 2.31. The molecule has 106 valence electrons. The Labute approximate surface area is 122 Å². The number of nitrogens with one attached hydrogen (secondary N) is 2. The minimum Gasteiger partial charge on any atom is -0.508 e. The molecule has 1 aromatic rings. The molecule has 0 amide bonds. The van der Waals surface area contributed by atoms with Crippen LogP contribution in [0, 0.1) is 0 Å². The van der Waals surface area contributed by atoms with E-state index in [1.54, 1.807) is 32.0 Å². The Morgan fingerprint density at radius 1 is 1.45 bits per heavy atom. The lowest BCUT2D eigenvalue weighted by molar-refractivity contribution is -0.138. The molecule has 0 bridgehead atoms. The molecule has 0 unspecified atom stereocenters. The third-order valence-corrected chi connectivity index (χ3v) is 3.29. The van der Waals surface area contributed by atoms with Crippen LogP contribution in [0.3, 0.4) is 0 Å². The zero-order valence-electron chi connectivity index (χ0n) is 11.3. The molecule has 1 atom stereocenters. The molecule has 6 heteroatoms. The van der Waals surface area contributed by atoms with Crippen molar-refractivity contribution in [3.8, 4) is 5.75 Å². The number of para-hydroxylation sites is 1. The van der Waals surface area contributed by atoms with E-state index in [0.29, 0.717) is 23.0 Å². The van der Waals surface area contributed by atoms with Gasteiger partial charge in [0.2, 0.25) is 0 Å². The highest BCUT2D eigenvalue weighted by molar-refractivity contribution is 7.80. The van der Waals surface area contributed by atoms with Crippen LogP contribution in [0.5, 0.6) is 5.75 Å². The highest BCUT2D eigenvalue weighted by Gasteiger charge is 2.29. The standard InChI is InChI=1S/C14H16N2O3S/c1-3-19-13(18)12-8(2)11(15-14(20)16-12)9-6-4-5-7-10(9)17/h4-7,11,17H,3H2,1-2H3,(H2,15,16,20)/t11-/m1/s1. The van der Waals surface area contributed by atoms with Crippen LogP contribution >= 0.6 is 12.2 Å². The molecule has 0 aliphatic carbocycles. The topological polar surface area (TPSA) is 70.6 Å². The molecule has 20 heavy (non-hydrogen) atoms. The summed E-state index contributed by atoms with van der Waals surface area (Å²) in [6, 6.07) is 6.58. The number of phenolic OH excluding ortho intramolecular Hbond substituents is 1. The number of hydrogen-bond donors (Lipinski definition) is 3. The van der Waals surface area contributed by atoms with Gasteiger partial charge in [0.25, 0.3) is 0 Å². The number of phenols is 1. The minimum absolute atomic E-state index is 0.150. The first-order valence-corrected chi connectivity index (χ1v) is 6.68. The van der Waals surface area contributed by atoms with Crippen molar-refractivity contribution in [2.45, 2.75) is 19.9 Å². The van der Waals surface area contributed by atoms with Crippen molar-refractivity contribution in [1.29, 1.82) is 0 Å². The molecular weight excluding hydrogens is 276 g/mol. The van der Waals surface area contributed by atoms with E-state index in [9.17, 15) is 9.90 Å². The van der Waals surface area contributed by atoms with Crippen molar-refractivity contribution in [3.63, 3.8) is 0 Å². The molecule has 0 radical (unpaired) electrons. The van der Waals surface area contributed by atoms with Gasteiger partial charge in [-0.1, -0.05) is 18.2 Å². The van der Waals surface area contributed by atoms with Gasteiger partial charge in [0, 0.05) is 5.56 Å². The zero-order chi connectivity index (χ0) is 14.7. The van der Waals surface area contributed by atoms with E-state index in [1.165, 1.54) is 0 Å². The quantitative estimate of drug-likeness (QED) is 0.582. The smallest absolute Gasteiger partial charge is 0.354 e. The van der Waals surface area contributed by atoms with Crippen LogP contribution in [0.2, 0.25) is 0 Å². The lowest BCUT2D eigenvalue weighted by Gasteiger charge is -2.29. The van der Waals surface area contributed by atoms with Crippen LogP contribution in [-0.2, 0) is 9.53 Å². The lowest BCUT2D eigenvalue weighted by atomic mass is 9.96. The van der Waals surface area contributed by atoms with Gasteiger partial charge in [0.05, 0.1) is 12.6 Å². The molecule has 0 aromatic heterocycles. The molecule has 2 rings (SSSR count). The molecule has 1 aliphatic heterocycles. The fraction of sp³-hybridized carbons (Fsp3) is 0.286. The van der Waals surface area contributed by atoms with Gasteiger partial charge in [-0.3, -0.25) is 0 Å². The largest absolute Gasteiger partial charge is 0.508 e. The third kappa shape index (κ3) is 2.75. The number of ether oxygens (including phenoxy) is 1. The Morgan fingerprint density at radius 2 is 2.15 bits per heavy atom. The average Bonchev–Trinajstić information content (AvgIpc) is 2.42. The number of esters is 1. The number of rotatable bonds is 3. The SMILES string of the molecule is CCOC(=O)C1=C(C)[C@H](c2ccccc2O)NC(=S)N1. The Balaban J connectivity index is 2.43. The number of carbonyl (C=O) groups is 1. The summed E-state index contributed by atoms with van der Waals surface area (Å²) in [6.45, 7) is 3.83.